The normalized spacial score (nSPS) is 43.9. The Morgan fingerprint density at radius 3 is 2.80 bits per heavy atom. The van der Waals surface area contributed by atoms with E-state index >= 15 is 0 Å². The average molecular weight is 281 g/mol. The van der Waals surface area contributed by atoms with Crippen LogP contribution in [0.1, 0.15) is 51.9 Å². The van der Waals surface area contributed by atoms with E-state index in [-0.39, 0.29) is 12.0 Å². The second-order valence-corrected chi connectivity index (χ2v) is 6.89. The first-order valence-corrected chi connectivity index (χ1v) is 8.29. The van der Waals surface area contributed by atoms with Crippen molar-refractivity contribution >= 4 is 5.97 Å². The Labute approximate surface area is 121 Å². The van der Waals surface area contributed by atoms with Gasteiger partial charge in [0.25, 0.3) is 0 Å². The van der Waals surface area contributed by atoms with E-state index in [0.717, 1.165) is 45.1 Å². The lowest BCUT2D eigenvalue weighted by atomic mass is 9.83. The molecule has 0 spiro atoms. The maximum Gasteiger partial charge on any atom is 0.308 e. The highest BCUT2D eigenvalue weighted by Gasteiger charge is 2.51. The summed E-state index contributed by atoms with van der Waals surface area (Å²) >= 11 is 0. The van der Waals surface area contributed by atoms with Crippen molar-refractivity contribution in [3.8, 4) is 0 Å². The van der Waals surface area contributed by atoms with Gasteiger partial charge in [-0.25, -0.2) is 0 Å². The fourth-order valence-electron chi connectivity index (χ4n) is 4.71. The van der Waals surface area contributed by atoms with E-state index in [0.29, 0.717) is 24.0 Å². The number of ether oxygens (including phenoxy) is 1. The van der Waals surface area contributed by atoms with Gasteiger partial charge < -0.3 is 15.2 Å². The van der Waals surface area contributed by atoms with Crippen molar-refractivity contribution in [1.82, 2.24) is 5.32 Å². The summed E-state index contributed by atoms with van der Waals surface area (Å²) in [6.45, 7) is 3.01. The SMILES string of the molecule is CCCC1CC(NC2C3CCC(C3)C2C(=O)O)CCO1. The van der Waals surface area contributed by atoms with E-state index < -0.39 is 5.97 Å². The summed E-state index contributed by atoms with van der Waals surface area (Å²) in [6.07, 6.45) is 8.18. The molecule has 0 aromatic heterocycles. The molecule has 1 heterocycles. The second kappa shape index (κ2) is 6.02. The summed E-state index contributed by atoms with van der Waals surface area (Å²) in [5.41, 5.74) is 0. The van der Waals surface area contributed by atoms with Crippen LogP contribution < -0.4 is 5.32 Å². The molecule has 20 heavy (non-hydrogen) atoms. The van der Waals surface area contributed by atoms with Gasteiger partial charge in [0.1, 0.15) is 0 Å². The molecule has 3 aliphatic rings. The molecule has 1 saturated heterocycles. The second-order valence-electron chi connectivity index (χ2n) is 6.89. The van der Waals surface area contributed by atoms with Crippen LogP contribution in [-0.2, 0) is 9.53 Å². The first-order valence-electron chi connectivity index (χ1n) is 8.29. The number of nitrogens with one attached hydrogen (secondary N) is 1. The lowest BCUT2D eigenvalue weighted by Gasteiger charge is -2.36. The minimum atomic E-state index is -0.591. The third kappa shape index (κ3) is 2.73. The highest BCUT2D eigenvalue weighted by atomic mass is 16.5. The topological polar surface area (TPSA) is 58.6 Å². The van der Waals surface area contributed by atoms with Crippen LogP contribution in [0.2, 0.25) is 0 Å². The van der Waals surface area contributed by atoms with Crippen molar-refractivity contribution in [2.24, 2.45) is 17.8 Å². The molecule has 2 N–H and O–H groups in total. The van der Waals surface area contributed by atoms with Crippen LogP contribution in [0.4, 0.5) is 0 Å². The zero-order valence-electron chi connectivity index (χ0n) is 12.4. The van der Waals surface area contributed by atoms with Gasteiger partial charge in [0.15, 0.2) is 0 Å². The summed E-state index contributed by atoms with van der Waals surface area (Å²) < 4.78 is 5.79. The first kappa shape index (κ1) is 14.3. The van der Waals surface area contributed by atoms with Crippen LogP contribution in [0.3, 0.4) is 0 Å². The summed E-state index contributed by atoms with van der Waals surface area (Å²) in [5, 5.41) is 13.2. The quantitative estimate of drug-likeness (QED) is 0.812. The molecule has 3 fully saturated rings. The van der Waals surface area contributed by atoms with E-state index in [1.807, 2.05) is 0 Å². The van der Waals surface area contributed by atoms with E-state index in [2.05, 4.69) is 12.2 Å². The van der Waals surface area contributed by atoms with Gasteiger partial charge in [-0.2, -0.15) is 0 Å². The zero-order chi connectivity index (χ0) is 14.1. The summed E-state index contributed by atoms with van der Waals surface area (Å²) in [6, 6.07) is 0.656. The van der Waals surface area contributed by atoms with Crippen LogP contribution in [0.15, 0.2) is 0 Å². The average Bonchev–Trinajstić information content (AvgIpc) is 3.00. The number of hydrogen-bond acceptors (Lipinski definition) is 3. The Morgan fingerprint density at radius 2 is 2.05 bits per heavy atom. The van der Waals surface area contributed by atoms with Crippen molar-refractivity contribution in [1.29, 1.82) is 0 Å². The van der Waals surface area contributed by atoms with Gasteiger partial charge in [-0.3, -0.25) is 4.79 Å². The number of carbonyl (C=O) groups is 1. The van der Waals surface area contributed by atoms with Gasteiger partial charge in [0.2, 0.25) is 0 Å². The molecule has 4 nitrogen and oxygen atoms in total. The fraction of sp³-hybridized carbons (Fsp3) is 0.938. The molecule has 0 aromatic rings. The van der Waals surface area contributed by atoms with E-state index in [1.54, 1.807) is 0 Å². The standard InChI is InChI=1S/C16H27NO3/c1-2-3-13-9-12(6-7-20-13)17-15-11-5-4-10(8-11)14(15)16(18)19/h10-15,17H,2-9H2,1H3,(H,18,19). The van der Waals surface area contributed by atoms with E-state index in [4.69, 9.17) is 4.74 Å². The predicted octanol–water partition coefficient (Wildman–Crippen LogP) is 2.42. The van der Waals surface area contributed by atoms with Crippen LogP contribution in [0.25, 0.3) is 0 Å². The zero-order valence-corrected chi connectivity index (χ0v) is 12.4. The maximum absolute atomic E-state index is 11.5. The molecule has 2 bridgehead atoms. The van der Waals surface area contributed by atoms with Crippen molar-refractivity contribution in [3.63, 3.8) is 0 Å². The minimum Gasteiger partial charge on any atom is -0.481 e. The molecule has 2 saturated carbocycles. The van der Waals surface area contributed by atoms with Gasteiger partial charge in [0, 0.05) is 18.7 Å². The van der Waals surface area contributed by atoms with Gasteiger partial charge in [-0.05, 0) is 50.4 Å². The number of carboxylic acids is 1. The Hall–Kier alpha value is -0.610. The molecule has 6 atom stereocenters. The molecule has 6 unspecified atom stereocenters. The summed E-state index contributed by atoms with van der Waals surface area (Å²) in [7, 11) is 0. The molecule has 3 rings (SSSR count). The van der Waals surface area contributed by atoms with E-state index in [9.17, 15) is 9.90 Å². The molecular weight excluding hydrogens is 254 g/mol. The lowest BCUT2D eigenvalue weighted by Crippen LogP contribution is -2.51. The molecule has 114 valence electrons. The Morgan fingerprint density at radius 1 is 1.25 bits per heavy atom. The van der Waals surface area contributed by atoms with Crippen molar-refractivity contribution in [2.75, 3.05) is 6.61 Å². The number of rotatable bonds is 5. The molecule has 0 aromatic carbocycles. The molecule has 1 aliphatic heterocycles. The van der Waals surface area contributed by atoms with Crippen molar-refractivity contribution in [2.45, 2.75) is 70.1 Å². The Bertz CT molecular complexity index is 358. The molecule has 0 amide bonds. The predicted molar refractivity (Wildman–Crippen MR) is 76.6 cm³/mol. The lowest BCUT2D eigenvalue weighted by molar-refractivity contribution is -0.144. The Kier molecular flexibility index (Phi) is 4.32. The first-order chi connectivity index (χ1) is 9.69. The third-order valence-electron chi connectivity index (χ3n) is 5.61. The van der Waals surface area contributed by atoms with Crippen LogP contribution in [0.5, 0.6) is 0 Å². The highest BCUT2D eigenvalue weighted by molar-refractivity contribution is 5.72. The number of aliphatic carboxylic acids is 1. The highest BCUT2D eigenvalue weighted by Crippen LogP contribution is 2.49. The monoisotopic (exact) mass is 281 g/mol. The van der Waals surface area contributed by atoms with Crippen LogP contribution in [-0.4, -0.2) is 35.9 Å². The van der Waals surface area contributed by atoms with Crippen molar-refractivity contribution in [3.05, 3.63) is 0 Å². The van der Waals surface area contributed by atoms with E-state index in [1.165, 1.54) is 6.42 Å². The fourth-order valence-corrected chi connectivity index (χ4v) is 4.71. The smallest absolute Gasteiger partial charge is 0.308 e. The number of fused-ring (bicyclic) bond motifs is 2. The van der Waals surface area contributed by atoms with Gasteiger partial charge in [0.05, 0.1) is 12.0 Å². The van der Waals surface area contributed by atoms with Gasteiger partial charge >= 0.3 is 5.97 Å². The molecule has 2 aliphatic carbocycles. The van der Waals surface area contributed by atoms with Crippen molar-refractivity contribution < 1.29 is 14.6 Å². The largest absolute Gasteiger partial charge is 0.481 e. The van der Waals surface area contributed by atoms with Gasteiger partial charge in [-0.15, -0.1) is 0 Å². The summed E-state index contributed by atoms with van der Waals surface area (Å²) in [4.78, 5) is 11.5. The maximum atomic E-state index is 11.5. The third-order valence-corrected chi connectivity index (χ3v) is 5.61. The molecular formula is C16H27NO3. The van der Waals surface area contributed by atoms with Crippen LogP contribution in [0, 0.1) is 17.8 Å². The molecule has 4 heteroatoms. The minimum absolute atomic E-state index is 0.152. The van der Waals surface area contributed by atoms with Gasteiger partial charge in [-0.1, -0.05) is 13.3 Å². The number of hydrogen-bond donors (Lipinski definition) is 2. The Balaban J connectivity index is 1.60. The molecule has 0 radical (unpaired) electrons. The number of carboxylic acid groups (broad SMARTS) is 1. The van der Waals surface area contributed by atoms with Crippen LogP contribution >= 0.6 is 0 Å². The summed E-state index contributed by atoms with van der Waals surface area (Å²) in [5.74, 6) is 0.267.